The third kappa shape index (κ3) is 200. The van der Waals surface area contributed by atoms with E-state index < -0.39 is 13.4 Å². The van der Waals surface area contributed by atoms with Gasteiger partial charge in [0.15, 0.2) is 0 Å². The first kappa shape index (κ1) is 31.0. The van der Waals surface area contributed by atoms with Crippen LogP contribution in [0.2, 0.25) is 0 Å². The quantitative estimate of drug-likeness (QED) is 0.432. The Hall–Kier alpha value is 1.70. The maximum absolute atomic E-state index is 8.80. The third-order valence-electron chi connectivity index (χ3n) is 0. The molecule has 0 aromatic rings. The van der Waals surface area contributed by atoms with Crippen molar-refractivity contribution in [2.75, 3.05) is 0 Å². The SMILES string of the molecule is F.[Cr].[LiH].[LiH].[O]=[Mn](=[O])([OH])[OH]. The summed E-state index contributed by atoms with van der Waals surface area (Å²) in [6.45, 7) is 0. The summed E-state index contributed by atoms with van der Waals surface area (Å²) >= 11 is -5.12. The molecule has 0 unspecified atom stereocenters. The molecule has 0 aliphatic rings. The zero-order valence-electron chi connectivity index (χ0n) is 2.91. The molecule has 9 heavy (non-hydrogen) atoms. The second kappa shape index (κ2) is 12.4. The van der Waals surface area contributed by atoms with E-state index in [0.29, 0.717) is 0 Å². The van der Waals surface area contributed by atoms with E-state index in [9.17, 15) is 0 Å². The van der Waals surface area contributed by atoms with Crippen LogP contribution in [0.15, 0.2) is 0 Å². The van der Waals surface area contributed by atoms with E-state index in [1.165, 1.54) is 0 Å². The van der Waals surface area contributed by atoms with Crippen LogP contribution in [0.3, 0.4) is 0 Å². The molecule has 2 N–H and O–H groups in total. The fourth-order valence-corrected chi connectivity index (χ4v) is 0. The van der Waals surface area contributed by atoms with E-state index in [2.05, 4.69) is 0 Å². The van der Waals surface area contributed by atoms with Crippen molar-refractivity contribution < 1.29 is 51.5 Å². The average Bonchev–Trinajstić information content (AvgIpc) is 0.722. The van der Waals surface area contributed by atoms with Crippen molar-refractivity contribution in [2.45, 2.75) is 0 Å². The van der Waals surface area contributed by atoms with Crippen LogP contribution in [0.25, 0.3) is 0 Å². The minimum atomic E-state index is -5.12. The first-order valence-corrected chi connectivity index (χ1v) is 2.67. The van der Waals surface area contributed by atoms with Crippen LogP contribution < -0.4 is 0 Å². The molecule has 0 aliphatic heterocycles. The van der Waals surface area contributed by atoms with Crippen LogP contribution in [-0.4, -0.2) is 46.1 Å². The Morgan fingerprint density at radius 1 is 1.00 bits per heavy atom. The molecule has 0 bridgehead atoms. The fourth-order valence-electron chi connectivity index (χ4n) is 0. The van der Waals surface area contributed by atoms with Crippen molar-refractivity contribution in [3.63, 3.8) is 0 Å². The van der Waals surface area contributed by atoms with Gasteiger partial charge in [-0.1, -0.05) is 0 Å². The topological polar surface area (TPSA) is 74.6 Å². The van der Waals surface area contributed by atoms with Gasteiger partial charge in [-0.15, -0.1) is 0 Å². The molecule has 0 radical (unpaired) electrons. The number of halogens is 1. The molecule has 0 rings (SSSR count). The predicted molar refractivity (Wildman–Crippen MR) is 22.6 cm³/mol. The van der Waals surface area contributed by atoms with Gasteiger partial charge < -0.3 is 0 Å². The molecular weight excluding hydrogens is 204 g/mol. The summed E-state index contributed by atoms with van der Waals surface area (Å²) in [5, 5.41) is 0. The van der Waals surface area contributed by atoms with Crippen LogP contribution in [0.4, 0.5) is 4.70 Å². The number of hydrogen-bond donors (Lipinski definition) is 2. The van der Waals surface area contributed by atoms with Crippen LogP contribution in [0.5, 0.6) is 0 Å². The Morgan fingerprint density at radius 2 is 1.00 bits per heavy atom. The van der Waals surface area contributed by atoms with E-state index in [1.54, 1.807) is 0 Å². The summed E-state index contributed by atoms with van der Waals surface area (Å²) in [7, 11) is 0. The standard InChI is InChI=1S/Cr.FH.2Li.Mn.2H2O.2O.2H/h;1H;;;;2*1H2;;;;/q;;;;+2;;;;;;/p-2. The van der Waals surface area contributed by atoms with Crippen LogP contribution in [0.1, 0.15) is 0 Å². The van der Waals surface area contributed by atoms with Gasteiger partial charge >= 0.3 is 67.1 Å². The zero-order valence-corrected chi connectivity index (χ0v) is 5.36. The fraction of sp³-hybridized carbons (Fsp3) is 0. The Morgan fingerprint density at radius 3 is 1.00 bits per heavy atom. The van der Waals surface area contributed by atoms with Gasteiger partial charge in [-0.25, -0.2) is 0 Å². The monoisotopic (exact) mass is 209 g/mol. The Balaban J connectivity index is -0.0000000133. The third-order valence-corrected chi connectivity index (χ3v) is 0. The van der Waals surface area contributed by atoms with Crippen molar-refractivity contribution in [2.24, 2.45) is 0 Å². The Labute approximate surface area is 88.5 Å². The molecule has 0 spiro atoms. The van der Waals surface area contributed by atoms with Crippen molar-refractivity contribution in [1.29, 1.82) is 0 Å². The van der Waals surface area contributed by atoms with Crippen molar-refractivity contribution in [3.8, 4) is 0 Å². The number of rotatable bonds is 0. The molecule has 0 amide bonds. The van der Waals surface area contributed by atoms with Crippen LogP contribution >= 0.6 is 0 Å². The van der Waals surface area contributed by atoms with E-state index in [0.717, 1.165) is 0 Å². The molecule has 0 aliphatic carbocycles. The summed E-state index contributed by atoms with van der Waals surface area (Å²) in [5.74, 6) is 0. The normalized spacial score (nSPS) is 6.44. The predicted octanol–water partition coefficient (Wildman–Crippen LogP) is -2.50. The Bertz CT molecular complexity index is 102. The molecule has 0 aromatic carbocycles. The van der Waals surface area contributed by atoms with E-state index in [1.807, 2.05) is 0 Å². The Kier molecular flexibility index (Phi) is 42.6. The van der Waals surface area contributed by atoms with Gasteiger partial charge in [0.2, 0.25) is 0 Å². The summed E-state index contributed by atoms with van der Waals surface area (Å²) in [6, 6.07) is 0. The van der Waals surface area contributed by atoms with Gasteiger partial charge in [0, 0.05) is 17.4 Å². The molecule has 4 nitrogen and oxygen atoms in total. The first-order chi connectivity index (χ1) is 2.00. The molecular formula is H5CrFLi2MnO4. The molecule has 0 fully saturated rings. The maximum atomic E-state index is 8.80. The molecule has 0 saturated heterocycles. The summed E-state index contributed by atoms with van der Waals surface area (Å²) in [6.07, 6.45) is 0. The minimum absolute atomic E-state index is 0. The van der Waals surface area contributed by atoms with Crippen molar-refractivity contribution in [3.05, 3.63) is 0 Å². The summed E-state index contributed by atoms with van der Waals surface area (Å²) < 4.78 is 31.8. The van der Waals surface area contributed by atoms with Crippen molar-refractivity contribution in [1.82, 2.24) is 0 Å². The van der Waals surface area contributed by atoms with E-state index in [4.69, 9.17) is 16.0 Å². The molecule has 0 atom stereocenters. The van der Waals surface area contributed by atoms with E-state index in [-0.39, 0.29) is 59.8 Å². The second-order valence-corrected chi connectivity index (χ2v) is 1.71. The molecule has 51 valence electrons. The molecule has 0 aromatic heterocycles. The van der Waals surface area contributed by atoms with Gasteiger partial charge in [-0.2, -0.15) is 0 Å². The zero-order chi connectivity index (χ0) is 4.50. The molecule has 9 heteroatoms. The summed E-state index contributed by atoms with van der Waals surface area (Å²) in [5.41, 5.74) is 0. The second-order valence-electron chi connectivity index (χ2n) is 0.415. The summed E-state index contributed by atoms with van der Waals surface area (Å²) in [4.78, 5) is 0. The van der Waals surface area contributed by atoms with Gasteiger partial charge in [-0.05, 0) is 0 Å². The van der Waals surface area contributed by atoms with E-state index >= 15 is 0 Å². The van der Waals surface area contributed by atoms with Crippen molar-refractivity contribution >= 4 is 37.7 Å². The van der Waals surface area contributed by atoms with Crippen LogP contribution in [0, 0.1) is 0 Å². The van der Waals surface area contributed by atoms with Gasteiger partial charge in [-0.3, -0.25) is 4.70 Å². The van der Waals surface area contributed by atoms with Crippen LogP contribution in [-0.2, 0) is 38.4 Å². The van der Waals surface area contributed by atoms with Gasteiger partial charge in [0.05, 0.1) is 0 Å². The van der Waals surface area contributed by atoms with Gasteiger partial charge in [0.1, 0.15) is 0 Å². The average molecular weight is 209 g/mol. The molecule has 0 heterocycles. The first-order valence-electron chi connectivity index (χ1n) is 0.647. The number of hydrogen-bond acceptors (Lipinski definition) is 2. The molecule has 0 saturated carbocycles. The van der Waals surface area contributed by atoms with Gasteiger partial charge in [0.25, 0.3) is 0 Å².